The minimum absolute atomic E-state index is 0. The first kappa shape index (κ1) is 24.0. The third-order valence-electron chi connectivity index (χ3n) is 10.3. The zero-order valence-corrected chi connectivity index (χ0v) is 20.3. The van der Waals surface area contributed by atoms with Crippen LogP contribution in [0.3, 0.4) is 0 Å². The number of fused-ring (bicyclic) bond motifs is 5. The number of allylic oxidation sites excluding steroid dienone is 1. The van der Waals surface area contributed by atoms with Gasteiger partial charge in [0, 0.05) is 0 Å². The molecule has 4 aliphatic rings. The van der Waals surface area contributed by atoms with E-state index in [1.54, 1.807) is 5.57 Å². The number of aliphatic hydroxyl groups excluding tert-OH is 1. The molecule has 0 aromatic rings. The summed E-state index contributed by atoms with van der Waals surface area (Å²) in [6.45, 7) is 12.6. The van der Waals surface area contributed by atoms with Crippen molar-refractivity contribution in [3.63, 3.8) is 0 Å². The van der Waals surface area contributed by atoms with Gasteiger partial charge in [-0.1, -0.05) is 65.5 Å². The van der Waals surface area contributed by atoms with Gasteiger partial charge in [-0.25, -0.2) is 0 Å². The van der Waals surface area contributed by atoms with Crippen LogP contribution in [0.5, 0.6) is 0 Å². The van der Waals surface area contributed by atoms with E-state index in [0.717, 1.165) is 48.3 Å². The largest absolute Gasteiger partial charge is 1.00 e. The molecule has 1 N–H and O–H groups in total. The summed E-state index contributed by atoms with van der Waals surface area (Å²) in [5.74, 6) is 5.46. The van der Waals surface area contributed by atoms with Crippen LogP contribution in [0.25, 0.3) is 0 Å². The Hall–Kier alpha value is 0.297. The fourth-order valence-electron chi connectivity index (χ4n) is 8.67. The SMILES string of the molecule is CC(C)CCCC(C)[C@H]1CC[C@H]2[C@@H]3CC=C4C[C@@H](O)CC[C@]4(C)[C@H]3CC[C@]12C.[H-].[Li+]. The molecule has 0 spiro atoms. The number of hydrogen-bond donors (Lipinski definition) is 1. The second-order valence-corrected chi connectivity index (χ2v) is 12.2. The molecule has 0 bridgehead atoms. The van der Waals surface area contributed by atoms with Crippen LogP contribution in [0.15, 0.2) is 11.6 Å². The van der Waals surface area contributed by atoms with Crippen molar-refractivity contribution >= 4 is 0 Å². The first-order valence-corrected chi connectivity index (χ1v) is 12.6. The Bertz CT molecular complexity index is 604. The molecule has 1 unspecified atom stereocenters. The minimum Gasteiger partial charge on any atom is -1.00 e. The van der Waals surface area contributed by atoms with Gasteiger partial charge in [-0.3, -0.25) is 0 Å². The molecule has 2 heteroatoms. The topological polar surface area (TPSA) is 20.2 Å². The van der Waals surface area contributed by atoms with Crippen molar-refractivity contribution in [3.8, 4) is 0 Å². The average molecular weight is 395 g/mol. The van der Waals surface area contributed by atoms with Crippen molar-refractivity contribution < 1.29 is 25.4 Å². The summed E-state index contributed by atoms with van der Waals surface area (Å²) in [5, 5.41) is 10.2. The normalized spacial score (nSPS) is 44.9. The van der Waals surface area contributed by atoms with E-state index in [-0.39, 0.29) is 26.4 Å². The van der Waals surface area contributed by atoms with Crippen LogP contribution in [-0.4, -0.2) is 11.2 Å². The predicted molar refractivity (Wildman–Crippen MR) is 120 cm³/mol. The predicted octanol–water partition coefficient (Wildman–Crippen LogP) is 4.51. The molecule has 8 atom stereocenters. The zero-order valence-electron chi connectivity index (χ0n) is 21.3. The monoisotopic (exact) mass is 394 g/mol. The fraction of sp³-hybridized carbons (Fsp3) is 0.926. The van der Waals surface area contributed by atoms with Gasteiger partial charge in [0.1, 0.15) is 0 Å². The molecular weight excluding hydrogens is 347 g/mol. The third kappa shape index (κ3) is 4.20. The molecule has 0 aromatic heterocycles. The number of rotatable bonds is 5. The molecule has 0 radical (unpaired) electrons. The van der Waals surface area contributed by atoms with Crippen LogP contribution in [0, 0.1) is 46.3 Å². The zero-order chi connectivity index (χ0) is 20.1. The second kappa shape index (κ2) is 9.04. The van der Waals surface area contributed by atoms with Crippen LogP contribution in [0.2, 0.25) is 0 Å². The van der Waals surface area contributed by atoms with Gasteiger partial charge in [-0.2, -0.15) is 0 Å². The van der Waals surface area contributed by atoms with E-state index in [1.165, 1.54) is 57.8 Å². The van der Waals surface area contributed by atoms with Gasteiger partial charge in [-0.15, -0.1) is 0 Å². The Morgan fingerprint density at radius 1 is 1.03 bits per heavy atom. The van der Waals surface area contributed by atoms with E-state index in [2.05, 4.69) is 40.7 Å². The van der Waals surface area contributed by atoms with Crippen LogP contribution < -0.4 is 18.9 Å². The van der Waals surface area contributed by atoms with E-state index in [9.17, 15) is 5.11 Å². The summed E-state index contributed by atoms with van der Waals surface area (Å²) in [6.07, 6.45) is 17.2. The van der Waals surface area contributed by atoms with Crippen LogP contribution in [0.4, 0.5) is 0 Å². The molecule has 0 aromatic carbocycles. The van der Waals surface area contributed by atoms with Crippen molar-refractivity contribution in [2.24, 2.45) is 46.3 Å². The molecule has 4 rings (SSSR count). The maximum Gasteiger partial charge on any atom is 1.00 e. The van der Waals surface area contributed by atoms with E-state index < -0.39 is 0 Å². The van der Waals surface area contributed by atoms with E-state index in [0.29, 0.717) is 10.8 Å². The number of hydrogen-bond acceptors (Lipinski definition) is 1. The summed E-state index contributed by atoms with van der Waals surface area (Å²) in [6, 6.07) is 0. The van der Waals surface area contributed by atoms with Gasteiger partial charge in [0.25, 0.3) is 0 Å². The Morgan fingerprint density at radius 3 is 2.52 bits per heavy atom. The second-order valence-electron chi connectivity index (χ2n) is 12.2. The van der Waals surface area contributed by atoms with Gasteiger partial charge >= 0.3 is 18.9 Å². The molecule has 3 fully saturated rings. The van der Waals surface area contributed by atoms with E-state index in [1.807, 2.05) is 0 Å². The Balaban J connectivity index is 0.00000160. The summed E-state index contributed by atoms with van der Waals surface area (Å²) < 4.78 is 0. The van der Waals surface area contributed by atoms with Gasteiger partial charge in [0.05, 0.1) is 6.10 Å². The molecule has 3 saturated carbocycles. The summed E-state index contributed by atoms with van der Waals surface area (Å²) >= 11 is 0. The molecule has 4 aliphatic carbocycles. The quantitative estimate of drug-likeness (QED) is 0.537. The van der Waals surface area contributed by atoms with Gasteiger partial charge < -0.3 is 6.53 Å². The molecule has 0 heterocycles. The maximum atomic E-state index is 10.2. The van der Waals surface area contributed by atoms with Gasteiger partial charge in [0.15, 0.2) is 0 Å². The molecule has 0 aliphatic heterocycles. The molecular formula is C27H47LiO. The molecule has 0 saturated heterocycles. The van der Waals surface area contributed by atoms with Crippen molar-refractivity contribution in [2.45, 2.75) is 111 Å². The van der Waals surface area contributed by atoms with Crippen molar-refractivity contribution in [1.29, 1.82) is 0 Å². The maximum absolute atomic E-state index is 10.2. The molecule has 1 nitrogen and oxygen atoms in total. The third-order valence-corrected chi connectivity index (χ3v) is 10.3. The Labute approximate surface area is 194 Å². The van der Waals surface area contributed by atoms with Crippen molar-refractivity contribution in [1.82, 2.24) is 0 Å². The number of aliphatic hydroxyl groups is 1. The molecule has 162 valence electrons. The van der Waals surface area contributed by atoms with Crippen LogP contribution in [0.1, 0.15) is 107 Å². The van der Waals surface area contributed by atoms with Crippen LogP contribution in [-0.2, 0) is 0 Å². The van der Waals surface area contributed by atoms with Crippen LogP contribution >= 0.6 is 0 Å². The fourth-order valence-corrected chi connectivity index (χ4v) is 8.67. The first-order chi connectivity index (χ1) is 13.3. The first-order valence-electron chi connectivity index (χ1n) is 12.6. The minimum atomic E-state index is -0.0766. The Kier molecular flexibility index (Phi) is 7.47. The Morgan fingerprint density at radius 2 is 1.79 bits per heavy atom. The van der Waals surface area contributed by atoms with Crippen molar-refractivity contribution in [3.05, 3.63) is 11.6 Å². The molecule has 29 heavy (non-hydrogen) atoms. The van der Waals surface area contributed by atoms with Crippen molar-refractivity contribution in [2.75, 3.05) is 0 Å². The van der Waals surface area contributed by atoms with E-state index >= 15 is 0 Å². The smallest absolute Gasteiger partial charge is 1.00 e. The summed E-state index contributed by atoms with van der Waals surface area (Å²) in [5.41, 5.74) is 2.60. The summed E-state index contributed by atoms with van der Waals surface area (Å²) in [7, 11) is 0. The van der Waals surface area contributed by atoms with Gasteiger partial charge in [0.2, 0.25) is 0 Å². The standard InChI is InChI=1S/C27H46O.Li.H/c1-18(2)7-6-8-19(3)23-11-12-24-22-10-9-20-17-21(28)13-15-26(20,4)25(22)14-16-27(23,24)5;;/h9,18-19,21-25,28H,6-8,10-17H2,1-5H3;;/q;+1;-1/t19?,21-,22-,23+,24-,25-,26-,27+;;/m0../s1. The summed E-state index contributed by atoms with van der Waals surface area (Å²) in [4.78, 5) is 0. The van der Waals surface area contributed by atoms with Gasteiger partial charge in [-0.05, 0) is 97.7 Å². The average Bonchev–Trinajstić information content (AvgIpc) is 2.99. The molecule has 0 amide bonds. The van der Waals surface area contributed by atoms with E-state index in [4.69, 9.17) is 0 Å².